The van der Waals surface area contributed by atoms with Crippen LogP contribution in [0.2, 0.25) is 5.02 Å². The van der Waals surface area contributed by atoms with E-state index in [1.165, 1.54) is 0 Å². The molecule has 2 unspecified atom stereocenters. The number of nitrogens with one attached hydrogen (secondary N) is 1. The third-order valence-corrected chi connectivity index (χ3v) is 4.17. The molecule has 112 valence electrons. The molecule has 1 aromatic carbocycles. The van der Waals surface area contributed by atoms with E-state index in [0.717, 1.165) is 41.5 Å². The highest BCUT2D eigenvalue weighted by Crippen LogP contribution is 2.39. The van der Waals surface area contributed by atoms with Gasteiger partial charge in [-0.15, -0.1) is 0 Å². The Morgan fingerprint density at radius 3 is 2.45 bits per heavy atom. The molecule has 2 rings (SSSR count). The summed E-state index contributed by atoms with van der Waals surface area (Å²) in [6.07, 6.45) is 2.01. The Kier molecular flexibility index (Phi) is 5.55. The maximum absolute atomic E-state index is 6.47. The molecule has 1 aliphatic rings. The van der Waals surface area contributed by atoms with Gasteiger partial charge in [0.05, 0.1) is 13.2 Å². The minimum absolute atomic E-state index is 0.245. The fourth-order valence-electron chi connectivity index (χ4n) is 2.51. The molecular formula is C16H24ClNO2. The Labute approximate surface area is 126 Å². The summed E-state index contributed by atoms with van der Waals surface area (Å²) in [5, 5.41) is 4.28. The van der Waals surface area contributed by atoms with Gasteiger partial charge in [0.25, 0.3) is 0 Å². The van der Waals surface area contributed by atoms with Crippen molar-refractivity contribution in [3.8, 4) is 11.5 Å². The normalized spacial score (nSPS) is 17.4. The van der Waals surface area contributed by atoms with Gasteiger partial charge in [-0.3, -0.25) is 0 Å². The molecule has 0 fully saturated rings. The van der Waals surface area contributed by atoms with Crippen molar-refractivity contribution in [3.05, 3.63) is 22.7 Å². The van der Waals surface area contributed by atoms with Gasteiger partial charge >= 0.3 is 0 Å². The van der Waals surface area contributed by atoms with Crippen molar-refractivity contribution in [1.29, 1.82) is 0 Å². The van der Waals surface area contributed by atoms with E-state index in [1.807, 2.05) is 12.1 Å². The van der Waals surface area contributed by atoms with Crippen LogP contribution in [-0.2, 0) is 0 Å². The summed E-state index contributed by atoms with van der Waals surface area (Å²) in [6, 6.07) is 4.18. The van der Waals surface area contributed by atoms with E-state index in [0.29, 0.717) is 19.1 Å². The maximum Gasteiger partial charge on any atom is 0.162 e. The van der Waals surface area contributed by atoms with Gasteiger partial charge in [-0.1, -0.05) is 38.8 Å². The molecule has 4 heteroatoms. The Bertz CT molecular complexity index is 450. The minimum Gasteiger partial charge on any atom is -0.490 e. The van der Waals surface area contributed by atoms with E-state index >= 15 is 0 Å². The smallest absolute Gasteiger partial charge is 0.162 e. The van der Waals surface area contributed by atoms with E-state index < -0.39 is 0 Å². The highest BCUT2D eigenvalue weighted by atomic mass is 35.5. The van der Waals surface area contributed by atoms with Crippen molar-refractivity contribution in [3.63, 3.8) is 0 Å². The molecule has 0 aliphatic carbocycles. The van der Waals surface area contributed by atoms with Gasteiger partial charge in [-0.25, -0.2) is 0 Å². The predicted octanol–water partition coefficient (Wildman–Crippen LogP) is 4.20. The van der Waals surface area contributed by atoms with E-state index in [1.54, 1.807) is 0 Å². The number of fused-ring (bicyclic) bond motifs is 1. The number of rotatable bonds is 5. The maximum atomic E-state index is 6.47. The molecule has 0 radical (unpaired) electrons. The molecule has 0 spiro atoms. The fourth-order valence-corrected chi connectivity index (χ4v) is 2.78. The van der Waals surface area contributed by atoms with Gasteiger partial charge in [-0.2, -0.15) is 0 Å². The Balaban J connectivity index is 2.36. The van der Waals surface area contributed by atoms with Crippen molar-refractivity contribution in [2.24, 2.45) is 5.92 Å². The molecule has 0 amide bonds. The number of ether oxygens (including phenoxy) is 2. The molecule has 1 heterocycles. The van der Waals surface area contributed by atoms with E-state index in [9.17, 15) is 0 Å². The number of hydrogen-bond donors (Lipinski definition) is 1. The second-order valence-corrected chi connectivity index (χ2v) is 5.70. The van der Waals surface area contributed by atoms with Gasteiger partial charge < -0.3 is 14.8 Å². The number of hydrogen-bond acceptors (Lipinski definition) is 3. The first-order valence-electron chi connectivity index (χ1n) is 7.49. The van der Waals surface area contributed by atoms with E-state index in [-0.39, 0.29) is 6.04 Å². The highest BCUT2D eigenvalue weighted by Gasteiger charge is 2.23. The van der Waals surface area contributed by atoms with Crippen LogP contribution in [0.1, 0.15) is 45.2 Å². The predicted molar refractivity (Wildman–Crippen MR) is 82.9 cm³/mol. The molecule has 20 heavy (non-hydrogen) atoms. The third kappa shape index (κ3) is 3.39. The van der Waals surface area contributed by atoms with Crippen LogP contribution >= 0.6 is 11.6 Å². The van der Waals surface area contributed by atoms with Gasteiger partial charge in [-0.05, 0) is 24.1 Å². The molecular weight excluding hydrogens is 274 g/mol. The molecule has 2 atom stereocenters. The highest BCUT2D eigenvalue weighted by molar-refractivity contribution is 6.31. The van der Waals surface area contributed by atoms with Crippen LogP contribution in [0.4, 0.5) is 0 Å². The first kappa shape index (κ1) is 15.5. The molecule has 1 aliphatic heterocycles. The van der Waals surface area contributed by atoms with Crippen molar-refractivity contribution in [2.75, 3.05) is 19.8 Å². The molecule has 1 aromatic rings. The van der Waals surface area contributed by atoms with E-state index in [2.05, 4.69) is 26.1 Å². The van der Waals surface area contributed by atoms with Crippen LogP contribution in [0.5, 0.6) is 11.5 Å². The number of halogens is 1. The SMILES string of the molecule is CCNC(c1cc2c(cc1Cl)OCCCO2)C(C)CC. The Morgan fingerprint density at radius 2 is 1.85 bits per heavy atom. The first-order valence-corrected chi connectivity index (χ1v) is 7.87. The van der Waals surface area contributed by atoms with Crippen molar-refractivity contribution in [1.82, 2.24) is 5.32 Å². The van der Waals surface area contributed by atoms with Gasteiger partial charge in [0.1, 0.15) is 0 Å². The quantitative estimate of drug-likeness (QED) is 0.883. The van der Waals surface area contributed by atoms with Gasteiger partial charge in [0, 0.05) is 23.6 Å². The zero-order valence-electron chi connectivity index (χ0n) is 12.5. The first-order chi connectivity index (χ1) is 9.67. The second kappa shape index (κ2) is 7.19. The Morgan fingerprint density at radius 1 is 1.20 bits per heavy atom. The molecule has 1 N–H and O–H groups in total. The lowest BCUT2D eigenvalue weighted by molar-refractivity contribution is 0.296. The monoisotopic (exact) mass is 297 g/mol. The average Bonchev–Trinajstić information content (AvgIpc) is 2.68. The zero-order chi connectivity index (χ0) is 14.5. The van der Waals surface area contributed by atoms with Crippen LogP contribution in [0, 0.1) is 5.92 Å². The summed E-state index contributed by atoms with van der Waals surface area (Å²) in [4.78, 5) is 0. The molecule has 0 bridgehead atoms. The zero-order valence-corrected chi connectivity index (χ0v) is 13.3. The summed E-state index contributed by atoms with van der Waals surface area (Å²) < 4.78 is 11.5. The topological polar surface area (TPSA) is 30.5 Å². The lowest BCUT2D eigenvalue weighted by atomic mass is 9.92. The molecule has 0 aromatic heterocycles. The van der Waals surface area contributed by atoms with Crippen LogP contribution in [-0.4, -0.2) is 19.8 Å². The van der Waals surface area contributed by atoms with Crippen LogP contribution in [0.15, 0.2) is 12.1 Å². The third-order valence-electron chi connectivity index (χ3n) is 3.84. The summed E-state index contributed by atoms with van der Waals surface area (Å²) in [5.41, 5.74) is 1.10. The van der Waals surface area contributed by atoms with Crippen LogP contribution < -0.4 is 14.8 Å². The van der Waals surface area contributed by atoms with Gasteiger partial charge in [0.15, 0.2) is 11.5 Å². The minimum atomic E-state index is 0.245. The lowest BCUT2D eigenvalue weighted by Crippen LogP contribution is -2.26. The fraction of sp³-hybridized carbons (Fsp3) is 0.625. The average molecular weight is 298 g/mol. The van der Waals surface area contributed by atoms with E-state index in [4.69, 9.17) is 21.1 Å². The molecule has 0 saturated heterocycles. The second-order valence-electron chi connectivity index (χ2n) is 5.29. The summed E-state index contributed by atoms with van der Waals surface area (Å²) in [5.74, 6) is 2.08. The van der Waals surface area contributed by atoms with Crippen molar-refractivity contribution >= 4 is 11.6 Å². The van der Waals surface area contributed by atoms with Crippen LogP contribution in [0.25, 0.3) is 0 Å². The summed E-state index contributed by atoms with van der Waals surface area (Å²) in [6.45, 7) is 8.86. The number of benzene rings is 1. The molecule has 3 nitrogen and oxygen atoms in total. The van der Waals surface area contributed by atoms with Crippen LogP contribution in [0.3, 0.4) is 0 Å². The van der Waals surface area contributed by atoms with Crippen molar-refractivity contribution < 1.29 is 9.47 Å². The Hall–Kier alpha value is -0.930. The summed E-state index contributed by atoms with van der Waals surface area (Å²) >= 11 is 6.47. The largest absolute Gasteiger partial charge is 0.490 e. The lowest BCUT2D eigenvalue weighted by Gasteiger charge is -2.26. The standard InChI is InChI=1S/C16H24ClNO2/c1-4-11(3)16(18-5-2)12-9-14-15(10-13(12)17)20-8-6-7-19-14/h9-11,16,18H,4-8H2,1-3H3. The van der Waals surface area contributed by atoms with Gasteiger partial charge in [0.2, 0.25) is 0 Å². The summed E-state index contributed by atoms with van der Waals surface area (Å²) in [7, 11) is 0. The van der Waals surface area contributed by atoms with Crippen molar-refractivity contribution in [2.45, 2.75) is 39.7 Å². The molecule has 0 saturated carbocycles.